The van der Waals surface area contributed by atoms with Crippen molar-refractivity contribution in [2.24, 2.45) is 5.10 Å². The molecule has 0 N–H and O–H groups in total. The Morgan fingerprint density at radius 1 is 0.973 bits per heavy atom. The molecule has 4 rings (SSSR count). The first-order chi connectivity index (χ1) is 17.6. The minimum Gasteiger partial charge on any atom is -0.489 e. The molecule has 0 bridgehead atoms. The zero-order chi connectivity index (χ0) is 26.9. The van der Waals surface area contributed by atoms with E-state index in [4.69, 9.17) is 4.74 Å². The summed E-state index contributed by atoms with van der Waals surface area (Å²) < 4.78 is 76.4. The first-order valence-corrected chi connectivity index (χ1v) is 11.9. The van der Waals surface area contributed by atoms with E-state index in [-0.39, 0.29) is 16.3 Å². The summed E-state index contributed by atoms with van der Waals surface area (Å²) in [5, 5.41) is 3.93. The van der Waals surface area contributed by atoms with E-state index in [0.29, 0.717) is 24.3 Å². The Labute approximate surface area is 222 Å². The van der Waals surface area contributed by atoms with Crippen molar-refractivity contribution in [1.82, 2.24) is 0 Å². The standard InChI is InChI=1S/C27H18F5IN2O2/c1-3-4-17-11-16(7-10-20(17)37-13-15-5-8-18(33)9-6-15)12-19-14(2)34-35(27(19)36)26-24(31)22(29)21(28)23(30)25(26)32/h3,5-12H,1,4,13H2,2H3/b19-12+. The quantitative estimate of drug-likeness (QED) is 0.0704. The molecular weight excluding hydrogens is 606 g/mol. The topological polar surface area (TPSA) is 41.9 Å². The van der Waals surface area contributed by atoms with Gasteiger partial charge in [-0.1, -0.05) is 24.3 Å². The van der Waals surface area contributed by atoms with Crippen LogP contribution in [-0.4, -0.2) is 11.6 Å². The maximum Gasteiger partial charge on any atom is 0.280 e. The van der Waals surface area contributed by atoms with Crippen LogP contribution >= 0.6 is 22.6 Å². The van der Waals surface area contributed by atoms with Gasteiger partial charge in [-0.25, -0.2) is 22.0 Å². The Bertz CT molecular complexity index is 1440. The zero-order valence-corrected chi connectivity index (χ0v) is 21.5. The minimum absolute atomic E-state index is 0.0400. The molecule has 0 aromatic heterocycles. The van der Waals surface area contributed by atoms with Crippen LogP contribution in [0.2, 0.25) is 0 Å². The number of hydrogen-bond donors (Lipinski definition) is 0. The van der Waals surface area contributed by atoms with Crippen LogP contribution in [0, 0.1) is 32.7 Å². The summed E-state index contributed by atoms with van der Waals surface area (Å²) in [5.41, 5.74) is 0.824. The maximum absolute atomic E-state index is 14.3. The average Bonchev–Trinajstić information content (AvgIpc) is 3.15. The zero-order valence-electron chi connectivity index (χ0n) is 19.3. The fourth-order valence-corrected chi connectivity index (χ4v) is 4.03. The van der Waals surface area contributed by atoms with Crippen molar-refractivity contribution >= 4 is 46.0 Å². The van der Waals surface area contributed by atoms with Crippen LogP contribution in [0.25, 0.3) is 6.08 Å². The number of halogens is 6. The van der Waals surface area contributed by atoms with Crippen molar-refractivity contribution in [2.45, 2.75) is 20.0 Å². The molecule has 0 spiro atoms. The third-order valence-electron chi connectivity index (χ3n) is 5.53. The largest absolute Gasteiger partial charge is 0.489 e. The molecule has 190 valence electrons. The van der Waals surface area contributed by atoms with Gasteiger partial charge in [0.15, 0.2) is 23.3 Å². The van der Waals surface area contributed by atoms with E-state index in [0.717, 1.165) is 14.7 Å². The van der Waals surface area contributed by atoms with Crippen LogP contribution < -0.4 is 9.75 Å². The number of carbonyl (C=O) groups is 1. The molecule has 1 amide bonds. The van der Waals surface area contributed by atoms with Gasteiger partial charge in [-0.2, -0.15) is 10.1 Å². The van der Waals surface area contributed by atoms with Gasteiger partial charge in [-0.05, 0) is 83.0 Å². The number of nitrogens with zero attached hydrogens (tertiary/aromatic N) is 2. The summed E-state index contributed by atoms with van der Waals surface area (Å²) in [4.78, 5) is 12.9. The molecule has 0 aliphatic carbocycles. The number of hydrogen-bond acceptors (Lipinski definition) is 3. The lowest BCUT2D eigenvalue weighted by molar-refractivity contribution is -0.114. The number of benzene rings is 3. The van der Waals surface area contributed by atoms with Crippen LogP contribution in [0.4, 0.5) is 27.6 Å². The first-order valence-electron chi connectivity index (χ1n) is 10.9. The Hall–Kier alpha value is -3.54. The lowest BCUT2D eigenvalue weighted by Crippen LogP contribution is -2.25. The van der Waals surface area contributed by atoms with E-state index in [1.54, 1.807) is 24.3 Å². The maximum atomic E-state index is 14.3. The summed E-state index contributed by atoms with van der Waals surface area (Å²) >= 11 is 2.21. The van der Waals surface area contributed by atoms with E-state index in [1.807, 2.05) is 24.3 Å². The van der Waals surface area contributed by atoms with E-state index < -0.39 is 40.7 Å². The number of ether oxygens (including phenoxy) is 1. The summed E-state index contributed by atoms with van der Waals surface area (Å²) in [6.07, 6.45) is 3.56. The normalized spacial score (nSPS) is 14.4. The van der Waals surface area contributed by atoms with Crippen molar-refractivity contribution < 1.29 is 31.5 Å². The highest BCUT2D eigenvalue weighted by atomic mass is 127. The number of hydrazone groups is 1. The predicted octanol–water partition coefficient (Wildman–Crippen LogP) is 7.10. The molecule has 4 nitrogen and oxygen atoms in total. The Morgan fingerprint density at radius 2 is 1.59 bits per heavy atom. The molecule has 10 heteroatoms. The Kier molecular flexibility index (Phi) is 7.76. The highest BCUT2D eigenvalue weighted by Crippen LogP contribution is 2.34. The summed E-state index contributed by atoms with van der Waals surface area (Å²) in [6, 6.07) is 13.0. The van der Waals surface area contributed by atoms with Gasteiger partial charge in [-0.15, -0.1) is 6.58 Å². The van der Waals surface area contributed by atoms with Crippen molar-refractivity contribution in [3.05, 3.63) is 110 Å². The van der Waals surface area contributed by atoms with Gasteiger partial charge in [0.25, 0.3) is 5.91 Å². The van der Waals surface area contributed by atoms with Crippen molar-refractivity contribution in [3.8, 4) is 5.75 Å². The fourth-order valence-electron chi connectivity index (χ4n) is 3.67. The van der Waals surface area contributed by atoms with E-state index in [1.165, 1.54) is 13.0 Å². The second kappa shape index (κ2) is 10.8. The number of allylic oxidation sites excluding steroid dienone is 1. The summed E-state index contributed by atoms with van der Waals surface area (Å²) in [7, 11) is 0. The molecule has 0 saturated heterocycles. The van der Waals surface area contributed by atoms with Crippen molar-refractivity contribution in [2.75, 3.05) is 5.01 Å². The molecule has 0 saturated carbocycles. The predicted molar refractivity (Wildman–Crippen MR) is 139 cm³/mol. The van der Waals surface area contributed by atoms with Crippen LogP contribution in [0.1, 0.15) is 23.6 Å². The van der Waals surface area contributed by atoms with E-state index >= 15 is 0 Å². The van der Waals surface area contributed by atoms with Gasteiger partial charge in [0.2, 0.25) is 5.82 Å². The molecule has 0 unspecified atom stereocenters. The highest BCUT2D eigenvalue weighted by Gasteiger charge is 2.37. The molecule has 1 heterocycles. The lowest BCUT2D eigenvalue weighted by Gasteiger charge is -2.15. The smallest absolute Gasteiger partial charge is 0.280 e. The van der Waals surface area contributed by atoms with Crippen molar-refractivity contribution in [1.29, 1.82) is 0 Å². The monoisotopic (exact) mass is 624 g/mol. The third-order valence-corrected chi connectivity index (χ3v) is 6.25. The van der Waals surface area contributed by atoms with Crippen LogP contribution in [0.3, 0.4) is 0 Å². The minimum atomic E-state index is -2.32. The lowest BCUT2D eigenvalue weighted by atomic mass is 10.0. The van der Waals surface area contributed by atoms with Crippen LogP contribution in [-0.2, 0) is 17.8 Å². The van der Waals surface area contributed by atoms with Gasteiger partial charge < -0.3 is 4.74 Å². The SMILES string of the molecule is C=CCc1cc(/C=C2/C(=O)N(c3c(F)c(F)c(F)c(F)c3F)N=C2C)ccc1OCc1ccc(I)cc1. The van der Waals surface area contributed by atoms with Crippen LogP contribution in [0.15, 0.2) is 65.8 Å². The van der Waals surface area contributed by atoms with Crippen LogP contribution in [0.5, 0.6) is 5.75 Å². The number of amides is 1. The molecule has 37 heavy (non-hydrogen) atoms. The van der Waals surface area contributed by atoms with Gasteiger partial charge in [0.05, 0.1) is 11.3 Å². The van der Waals surface area contributed by atoms with E-state index in [9.17, 15) is 26.7 Å². The molecular formula is C27H18F5IN2O2. The molecule has 3 aromatic carbocycles. The number of carbonyl (C=O) groups excluding carboxylic acids is 1. The molecule has 0 atom stereocenters. The highest BCUT2D eigenvalue weighted by molar-refractivity contribution is 14.1. The van der Waals surface area contributed by atoms with Gasteiger partial charge in [-0.3, -0.25) is 4.79 Å². The molecule has 1 aliphatic heterocycles. The summed E-state index contributed by atoms with van der Waals surface area (Å²) in [5.74, 6) is -11.4. The van der Waals surface area contributed by atoms with E-state index in [2.05, 4.69) is 34.3 Å². The molecule has 1 aliphatic rings. The number of rotatable bonds is 7. The van der Waals surface area contributed by atoms with Gasteiger partial charge >= 0.3 is 0 Å². The fraction of sp³-hybridized carbons (Fsp3) is 0.111. The van der Waals surface area contributed by atoms with Gasteiger partial charge in [0.1, 0.15) is 18.0 Å². The molecule has 0 radical (unpaired) electrons. The second-order valence-electron chi connectivity index (χ2n) is 8.05. The first kappa shape index (κ1) is 26.5. The summed E-state index contributed by atoms with van der Waals surface area (Å²) in [6.45, 7) is 5.48. The average molecular weight is 624 g/mol. The molecule has 0 fully saturated rings. The van der Waals surface area contributed by atoms with Gasteiger partial charge in [0, 0.05) is 3.57 Å². The molecule has 3 aromatic rings. The Balaban J connectivity index is 1.63. The third kappa shape index (κ3) is 5.29. The second-order valence-corrected chi connectivity index (χ2v) is 9.30. The Morgan fingerprint density at radius 3 is 2.22 bits per heavy atom. The van der Waals surface area contributed by atoms with Crippen molar-refractivity contribution in [3.63, 3.8) is 0 Å². The number of anilines is 1.